The minimum absolute atomic E-state index is 0.0110. The predicted molar refractivity (Wildman–Crippen MR) is 108 cm³/mol. The topological polar surface area (TPSA) is 77.6 Å². The second-order valence-electron chi connectivity index (χ2n) is 7.04. The highest BCUT2D eigenvalue weighted by Gasteiger charge is 2.34. The van der Waals surface area contributed by atoms with E-state index < -0.39 is 0 Å². The Morgan fingerprint density at radius 3 is 2.39 bits per heavy atom. The third kappa shape index (κ3) is 4.09. The van der Waals surface area contributed by atoms with Crippen LogP contribution in [0.25, 0.3) is 0 Å². The van der Waals surface area contributed by atoms with Crippen molar-refractivity contribution >= 4 is 27.7 Å². The molecule has 2 amide bonds. The summed E-state index contributed by atoms with van der Waals surface area (Å²) in [7, 11) is 0. The predicted octanol–water partition coefficient (Wildman–Crippen LogP) is 1.74. The Balaban J connectivity index is 1.31. The van der Waals surface area contributed by atoms with Crippen LogP contribution in [0.1, 0.15) is 28.4 Å². The van der Waals surface area contributed by atoms with Crippen molar-refractivity contribution in [2.45, 2.75) is 18.5 Å². The molecule has 28 heavy (non-hydrogen) atoms. The first-order valence-electron chi connectivity index (χ1n) is 9.36. The summed E-state index contributed by atoms with van der Waals surface area (Å²) in [6.45, 7) is 2.20. The summed E-state index contributed by atoms with van der Waals surface area (Å²) in [4.78, 5) is 33.3. The number of nitrogens with zero attached hydrogens (tertiary/aromatic N) is 3. The third-order valence-electron chi connectivity index (χ3n) is 5.26. The molecule has 1 aromatic heterocycles. The highest BCUT2D eigenvalue weighted by atomic mass is 79.9. The van der Waals surface area contributed by atoms with Gasteiger partial charge in [0.15, 0.2) is 0 Å². The van der Waals surface area contributed by atoms with Crippen LogP contribution in [0.15, 0.2) is 53.3 Å². The molecule has 0 bridgehead atoms. The first-order valence-corrected chi connectivity index (χ1v) is 10.2. The van der Waals surface area contributed by atoms with Crippen molar-refractivity contribution in [3.05, 3.63) is 64.4 Å². The van der Waals surface area contributed by atoms with Crippen molar-refractivity contribution in [2.75, 3.05) is 26.2 Å². The number of carbonyl (C=O) groups excluding carboxylic acids is 2. The molecule has 4 rings (SSSR count). The van der Waals surface area contributed by atoms with Gasteiger partial charge in [0.05, 0.1) is 0 Å². The van der Waals surface area contributed by atoms with Crippen LogP contribution in [0.3, 0.4) is 0 Å². The van der Waals surface area contributed by atoms with Gasteiger partial charge >= 0.3 is 0 Å². The molecule has 0 saturated carbocycles. The highest BCUT2D eigenvalue weighted by molar-refractivity contribution is 9.10. The number of halogens is 1. The van der Waals surface area contributed by atoms with Gasteiger partial charge in [-0.1, -0.05) is 22.0 Å². The van der Waals surface area contributed by atoms with Crippen LogP contribution < -0.4 is 10.9 Å². The normalized spacial score (nSPS) is 22.3. The van der Waals surface area contributed by atoms with E-state index in [1.54, 1.807) is 6.20 Å². The molecule has 0 aliphatic carbocycles. The van der Waals surface area contributed by atoms with E-state index in [0.717, 1.165) is 10.0 Å². The Kier molecular flexibility index (Phi) is 5.70. The molecule has 2 N–H and O–H groups in total. The number of hydrogen-bond acceptors (Lipinski definition) is 5. The van der Waals surface area contributed by atoms with Gasteiger partial charge in [-0.25, -0.2) is 10.9 Å². The van der Waals surface area contributed by atoms with Gasteiger partial charge in [-0.2, -0.15) is 0 Å². The molecule has 2 aliphatic heterocycles. The molecule has 1 aromatic carbocycles. The van der Waals surface area contributed by atoms with E-state index in [-0.39, 0.29) is 23.9 Å². The van der Waals surface area contributed by atoms with Crippen molar-refractivity contribution < 1.29 is 9.59 Å². The molecule has 146 valence electrons. The Labute approximate surface area is 172 Å². The largest absolute Gasteiger partial charge is 0.338 e. The SMILES string of the molecule is O=C(c1ccc(Br)cc1)N1CCN(C(=O)C2CC(c3cccnc3)NN2)CC1. The lowest BCUT2D eigenvalue weighted by Crippen LogP contribution is -2.54. The van der Waals surface area contributed by atoms with E-state index in [0.29, 0.717) is 38.2 Å². The fraction of sp³-hybridized carbons (Fsp3) is 0.350. The number of hydrogen-bond donors (Lipinski definition) is 2. The average Bonchev–Trinajstić information content (AvgIpc) is 3.24. The molecule has 8 heteroatoms. The van der Waals surface area contributed by atoms with Crippen LogP contribution in [-0.4, -0.2) is 58.8 Å². The number of nitrogens with one attached hydrogen (secondary N) is 2. The zero-order valence-electron chi connectivity index (χ0n) is 15.3. The van der Waals surface area contributed by atoms with Gasteiger partial charge in [0.1, 0.15) is 6.04 Å². The number of carbonyl (C=O) groups is 2. The Hall–Kier alpha value is -2.29. The number of aromatic nitrogens is 1. The van der Waals surface area contributed by atoms with Gasteiger partial charge in [-0.15, -0.1) is 0 Å². The maximum atomic E-state index is 12.9. The van der Waals surface area contributed by atoms with E-state index in [9.17, 15) is 9.59 Å². The minimum atomic E-state index is -0.265. The summed E-state index contributed by atoms with van der Waals surface area (Å²) in [5, 5.41) is 0. The molecular formula is C20H22BrN5O2. The summed E-state index contributed by atoms with van der Waals surface area (Å²) in [6.07, 6.45) is 4.24. The molecule has 2 saturated heterocycles. The maximum Gasteiger partial charge on any atom is 0.253 e. The van der Waals surface area contributed by atoms with Crippen LogP contribution in [0.4, 0.5) is 0 Å². The second kappa shape index (κ2) is 8.38. The molecule has 2 unspecified atom stereocenters. The van der Waals surface area contributed by atoms with Crippen LogP contribution in [0.2, 0.25) is 0 Å². The van der Waals surface area contributed by atoms with E-state index in [1.165, 1.54) is 0 Å². The van der Waals surface area contributed by atoms with E-state index >= 15 is 0 Å². The van der Waals surface area contributed by atoms with Gasteiger partial charge in [0.2, 0.25) is 5.91 Å². The van der Waals surface area contributed by atoms with Gasteiger partial charge < -0.3 is 9.80 Å². The van der Waals surface area contributed by atoms with Crippen LogP contribution >= 0.6 is 15.9 Å². The number of piperazine rings is 1. The summed E-state index contributed by atoms with van der Waals surface area (Å²) in [5.41, 5.74) is 8.04. The fourth-order valence-electron chi connectivity index (χ4n) is 3.64. The van der Waals surface area contributed by atoms with E-state index in [2.05, 4.69) is 31.8 Å². The molecule has 2 fully saturated rings. The van der Waals surface area contributed by atoms with Crippen molar-refractivity contribution in [2.24, 2.45) is 0 Å². The molecule has 0 radical (unpaired) electrons. The summed E-state index contributed by atoms with van der Waals surface area (Å²) >= 11 is 3.38. The van der Waals surface area contributed by atoms with Crippen LogP contribution in [-0.2, 0) is 4.79 Å². The monoisotopic (exact) mass is 443 g/mol. The lowest BCUT2D eigenvalue weighted by Gasteiger charge is -2.36. The number of rotatable bonds is 3. The maximum absolute atomic E-state index is 12.9. The Morgan fingerprint density at radius 1 is 1.00 bits per heavy atom. The van der Waals surface area contributed by atoms with E-state index in [4.69, 9.17) is 0 Å². The van der Waals surface area contributed by atoms with Crippen molar-refractivity contribution in [3.8, 4) is 0 Å². The Morgan fingerprint density at radius 2 is 1.71 bits per heavy atom. The number of pyridine rings is 1. The summed E-state index contributed by atoms with van der Waals surface area (Å²) in [6, 6.07) is 11.1. The van der Waals surface area contributed by atoms with Crippen LogP contribution in [0, 0.1) is 0 Å². The highest BCUT2D eigenvalue weighted by Crippen LogP contribution is 2.23. The quantitative estimate of drug-likeness (QED) is 0.755. The van der Waals surface area contributed by atoms with Gasteiger partial charge in [0, 0.05) is 54.7 Å². The summed E-state index contributed by atoms with van der Waals surface area (Å²) < 4.78 is 0.946. The molecule has 0 spiro atoms. The minimum Gasteiger partial charge on any atom is -0.338 e. The van der Waals surface area contributed by atoms with E-state index in [1.807, 2.05) is 52.4 Å². The van der Waals surface area contributed by atoms with Crippen molar-refractivity contribution in [1.82, 2.24) is 25.6 Å². The molecular weight excluding hydrogens is 422 g/mol. The smallest absolute Gasteiger partial charge is 0.253 e. The van der Waals surface area contributed by atoms with Gasteiger partial charge in [-0.05, 0) is 42.3 Å². The first kappa shape index (κ1) is 19.0. The standard InChI is InChI=1S/C20H22BrN5O2/c21-16-5-3-14(4-6-16)19(27)25-8-10-26(11-9-25)20(28)18-12-17(23-24-18)15-2-1-7-22-13-15/h1-7,13,17-18,23-24H,8-12H2. The second-order valence-corrected chi connectivity index (χ2v) is 7.96. The molecule has 2 aliphatic rings. The van der Waals surface area contributed by atoms with Crippen LogP contribution in [0.5, 0.6) is 0 Å². The molecule has 2 aromatic rings. The average molecular weight is 444 g/mol. The van der Waals surface area contributed by atoms with Crippen molar-refractivity contribution in [1.29, 1.82) is 0 Å². The zero-order chi connectivity index (χ0) is 19.5. The fourth-order valence-corrected chi connectivity index (χ4v) is 3.91. The van der Waals surface area contributed by atoms with Gasteiger partial charge in [0.25, 0.3) is 5.91 Å². The zero-order valence-corrected chi connectivity index (χ0v) is 16.9. The lowest BCUT2D eigenvalue weighted by atomic mass is 10.0. The molecule has 3 heterocycles. The molecule has 7 nitrogen and oxygen atoms in total. The lowest BCUT2D eigenvalue weighted by molar-refractivity contribution is -0.134. The first-order chi connectivity index (χ1) is 13.6. The third-order valence-corrected chi connectivity index (χ3v) is 5.79. The van der Waals surface area contributed by atoms with Crippen molar-refractivity contribution in [3.63, 3.8) is 0 Å². The van der Waals surface area contributed by atoms with Gasteiger partial charge in [-0.3, -0.25) is 14.6 Å². The number of hydrazine groups is 1. The number of amides is 2. The number of benzene rings is 1. The Bertz CT molecular complexity index is 837. The summed E-state index contributed by atoms with van der Waals surface area (Å²) in [5.74, 6) is 0.0894. The molecule has 2 atom stereocenters.